The highest BCUT2D eigenvalue weighted by atomic mass is 16.1. The molecule has 0 aromatic carbocycles. The fourth-order valence-corrected chi connectivity index (χ4v) is 1.03. The van der Waals surface area contributed by atoms with E-state index in [1.807, 2.05) is 6.07 Å². The van der Waals surface area contributed by atoms with Gasteiger partial charge in [-0.25, -0.2) is 0 Å². The van der Waals surface area contributed by atoms with E-state index < -0.39 is 0 Å². The van der Waals surface area contributed by atoms with E-state index >= 15 is 0 Å². The molecule has 0 saturated heterocycles. The second-order valence-corrected chi connectivity index (χ2v) is 2.66. The van der Waals surface area contributed by atoms with Crippen LogP contribution in [-0.4, -0.2) is 4.98 Å². The van der Waals surface area contributed by atoms with Crippen LogP contribution in [0.15, 0.2) is 23.1 Å². The van der Waals surface area contributed by atoms with Gasteiger partial charge >= 0.3 is 0 Å². The maximum atomic E-state index is 10.8. The fraction of sp³-hybridized carbons (Fsp3) is 0.444. The molecule has 0 bridgehead atoms. The van der Waals surface area contributed by atoms with Gasteiger partial charge in [-0.1, -0.05) is 13.3 Å². The van der Waals surface area contributed by atoms with Crippen LogP contribution in [0.25, 0.3) is 0 Å². The molecule has 1 heterocycles. The van der Waals surface area contributed by atoms with Crippen molar-refractivity contribution in [2.24, 2.45) is 0 Å². The van der Waals surface area contributed by atoms with Crippen LogP contribution < -0.4 is 5.56 Å². The van der Waals surface area contributed by atoms with E-state index in [1.54, 1.807) is 12.3 Å². The lowest BCUT2D eigenvalue weighted by atomic mass is 10.1. The number of H-pyrrole nitrogens is 1. The molecule has 0 aliphatic heterocycles. The first-order valence-corrected chi connectivity index (χ1v) is 4.00. The topological polar surface area (TPSA) is 32.9 Å². The molecule has 0 amide bonds. The second-order valence-electron chi connectivity index (χ2n) is 2.66. The lowest BCUT2D eigenvalue weighted by Crippen LogP contribution is -2.03. The Bertz CT molecular complexity index is 264. The summed E-state index contributed by atoms with van der Waals surface area (Å²) in [7, 11) is 0. The van der Waals surface area contributed by atoms with Crippen molar-refractivity contribution in [2.45, 2.75) is 26.2 Å². The summed E-state index contributed by atoms with van der Waals surface area (Å²) in [6.45, 7) is 2.15. The lowest BCUT2D eigenvalue weighted by Gasteiger charge is -1.96. The quantitative estimate of drug-likeness (QED) is 0.701. The number of aromatic nitrogens is 1. The summed E-state index contributed by atoms with van der Waals surface area (Å²) in [5, 5.41) is 0. The third-order valence-corrected chi connectivity index (χ3v) is 1.66. The van der Waals surface area contributed by atoms with Crippen molar-refractivity contribution in [3.05, 3.63) is 34.2 Å². The van der Waals surface area contributed by atoms with E-state index in [2.05, 4.69) is 11.9 Å². The zero-order valence-electron chi connectivity index (χ0n) is 6.76. The van der Waals surface area contributed by atoms with Crippen molar-refractivity contribution in [1.82, 2.24) is 4.98 Å². The number of aryl methyl sites for hydroxylation is 1. The predicted octanol–water partition coefficient (Wildman–Crippen LogP) is 1.72. The van der Waals surface area contributed by atoms with Gasteiger partial charge in [0.1, 0.15) is 0 Å². The highest BCUT2D eigenvalue weighted by molar-refractivity contribution is 5.09. The minimum atomic E-state index is -0.00129. The summed E-state index contributed by atoms with van der Waals surface area (Å²) in [6.07, 6.45) is 5.05. The number of unbranched alkanes of at least 4 members (excludes halogenated alkanes) is 1. The number of hydrogen-bond donors (Lipinski definition) is 1. The molecule has 0 spiro atoms. The Labute approximate surface area is 66.3 Å². The second kappa shape index (κ2) is 3.96. The summed E-state index contributed by atoms with van der Waals surface area (Å²) in [4.78, 5) is 13.4. The van der Waals surface area contributed by atoms with E-state index in [1.165, 1.54) is 6.42 Å². The minimum absolute atomic E-state index is 0.00129. The van der Waals surface area contributed by atoms with Gasteiger partial charge in [0, 0.05) is 12.3 Å². The Morgan fingerprint density at radius 2 is 2.36 bits per heavy atom. The average Bonchev–Trinajstić information content (AvgIpc) is 2.01. The highest BCUT2D eigenvalue weighted by Crippen LogP contribution is 1.99. The summed E-state index contributed by atoms with van der Waals surface area (Å²) < 4.78 is 0. The molecule has 0 fully saturated rings. The molecular weight excluding hydrogens is 138 g/mol. The largest absolute Gasteiger partial charge is 0.329 e. The molecule has 0 radical (unpaired) electrons. The molecule has 0 unspecified atom stereocenters. The van der Waals surface area contributed by atoms with Crippen LogP contribution >= 0.6 is 0 Å². The van der Waals surface area contributed by atoms with Crippen LogP contribution in [0.2, 0.25) is 0 Å². The van der Waals surface area contributed by atoms with Crippen LogP contribution in [0.5, 0.6) is 0 Å². The summed E-state index contributed by atoms with van der Waals surface area (Å²) >= 11 is 0. The van der Waals surface area contributed by atoms with E-state index in [-0.39, 0.29) is 5.56 Å². The molecule has 1 aromatic heterocycles. The Morgan fingerprint density at radius 1 is 1.55 bits per heavy atom. The van der Waals surface area contributed by atoms with Crippen LogP contribution in [0.3, 0.4) is 0 Å². The van der Waals surface area contributed by atoms with Crippen LogP contribution in [-0.2, 0) is 6.42 Å². The molecule has 0 aliphatic carbocycles. The average molecular weight is 151 g/mol. The molecule has 2 nitrogen and oxygen atoms in total. The first-order chi connectivity index (χ1) is 5.33. The first kappa shape index (κ1) is 8.05. The molecule has 60 valence electrons. The maximum Gasteiger partial charge on any atom is 0.248 e. The number of pyridine rings is 1. The maximum absolute atomic E-state index is 10.8. The van der Waals surface area contributed by atoms with Gasteiger partial charge in [-0.15, -0.1) is 0 Å². The number of rotatable bonds is 3. The van der Waals surface area contributed by atoms with E-state index in [9.17, 15) is 4.79 Å². The Balaban J connectivity index is 2.64. The van der Waals surface area contributed by atoms with E-state index in [0.717, 1.165) is 18.4 Å². The third-order valence-electron chi connectivity index (χ3n) is 1.66. The standard InChI is InChI=1S/C9H13NO/c1-2-3-4-8-5-6-10-9(11)7-8/h5-7H,2-4H2,1H3,(H,10,11). The SMILES string of the molecule is CCCCc1cc[nH]c(=O)c1. The van der Waals surface area contributed by atoms with Crippen molar-refractivity contribution in [3.63, 3.8) is 0 Å². The van der Waals surface area contributed by atoms with E-state index in [4.69, 9.17) is 0 Å². The Morgan fingerprint density at radius 3 is 3.00 bits per heavy atom. The van der Waals surface area contributed by atoms with Gasteiger partial charge in [0.15, 0.2) is 0 Å². The Hall–Kier alpha value is -1.05. The molecule has 2 heteroatoms. The fourth-order valence-electron chi connectivity index (χ4n) is 1.03. The molecule has 0 atom stereocenters. The molecule has 11 heavy (non-hydrogen) atoms. The molecule has 1 aromatic rings. The highest BCUT2D eigenvalue weighted by Gasteiger charge is 1.91. The van der Waals surface area contributed by atoms with Crippen molar-refractivity contribution in [2.75, 3.05) is 0 Å². The molecule has 1 N–H and O–H groups in total. The van der Waals surface area contributed by atoms with Gasteiger partial charge in [-0.05, 0) is 24.5 Å². The first-order valence-electron chi connectivity index (χ1n) is 4.00. The van der Waals surface area contributed by atoms with Crippen LogP contribution in [0.4, 0.5) is 0 Å². The molecule has 1 rings (SSSR count). The van der Waals surface area contributed by atoms with Gasteiger partial charge < -0.3 is 4.98 Å². The van der Waals surface area contributed by atoms with Crippen LogP contribution in [0.1, 0.15) is 25.3 Å². The zero-order chi connectivity index (χ0) is 8.10. The van der Waals surface area contributed by atoms with Gasteiger partial charge in [0.25, 0.3) is 0 Å². The molecule has 0 saturated carbocycles. The van der Waals surface area contributed by atoms with Crippen molar-refractivity contribution >= 4 is 0 Å². The van der Waals surface area contributed by atoms with Crippen LogP contribution in [0, 0.1) is 0 Å². The monoisotopic (exact) mass is 151 g/mol. The van der Waals surface area contributed by atoms with Gasteiger partial charge in [-0.2, -0.15) is 0 Å². The van der Waals surface area contributed by atoms with Crippen molar-refractivity contribution in [1.29, 1.82) is 0 Å². The summed E-state index contributed by atoms with van der Waals surface area (Å²) in [5.74, 6) is 0. The third kappa shape index (κ3) is 2.58. The lowest BCUT2D eigenvalue weighted by molar-refractivity contribution is 0.793. The van der Waals surface area contributed by atoms with Crippen molar-refractivity contribution in [3.8, 4) is 0 Å². The summed E-state index contributed by atoms with van der Waals surface area (Å²) in [5.41, 5.74) is 1.13. The van der Waals surface area contributed by atoms with Gasteiger partial charge in [-0.3, -0.25) is 4.79 Å². The molecular formula is C9H13NO. The smallest absolute Gasteiger partial charge is 0.248 e. The number of hydrogen-bond acceptors (Lipinski definition) is 1. The zero-order valence-corrected chi connectivity index (χ0v) is 6.76. The van der Waals surface area contributed by atoms with E-state index in [0.29, 0.717) is 0 Å². The number of nitrogens with one attached hydrogen (secondary N) is 1. The van der Waals surface area contributed by atoms with Crippen molar-refractivity contribution < 1.29 is 0 Å². The Kier molecular flexibility index (Phi) is 2.90. The van der Waals surface area contributed by atoms with Gasteiger partial charge in [0.05, 0.1) is 0 Å². The minimum Gasteiger partial charge on any atom is -0.329 e. The molecule has 0 aliphatic rings. The predicted molar refractivity (Wildman–Crippen MR) is 45.7 cm³/mol. The van der Waals surface area contributed by atoms with Gasteiger partial charge in [0.2, 0.25) is 5.56 Å². The summed E-state index contributed by atoms with van der Waals surface area (Å²) in [6, 6.07) is 3.62. The normalized spacial score (nSPS) is 9.91. The number of aromatic amines is 1.